The van der Waals surface area contributed by atoms with Gasteiger partial charge in [-0.1, -0.05) is 12.1 Å². The maximum absolute atomic E-state index is 13.6. The van der Waals surface area contributed by atoms with E-state index in [-0.39, 0.29) is 36.2 Å². The predicted molar refractivity (Wildman–Crippen MR) is 150 cm³/mol. The standard InChI is InChI=1S/C28H23F6N5O5S/c1-43-23(40)12-35-24(41)21-14-38(6-7-44-21)26-37-25(42)22(45-26)9-15-2-5-20-17(8-15)11-36-39(20)13-16-3-4-18(27(29,30)31)10-19(16)28(32,33)34/h2-5,8-11,21H,6-7,12-14H2,1H3,(H,35,41)/b22-9-/t21-/m0/s1. The Kier molecular flexibility index (Phi) is 8.93. The minimum Gasteiger partial charge on any atom is -0.468 e. The molecule has 1 N–H and O–H groups in total. The number of thioether (sulfide) groups is 1. The van der Waals surface area contributed by atoms with Crippen molar-refractivity contribution in [1.82, 2.24) is 20.0 Å². The number of methoxy groups -OCH3 is 1. The summed E-state index contributed by atoms with van der Waals surface area (Å²) in [7, 11) is 1.19. The summed E-state index contributed by atoms with van der Waals surface area (Å²) in [5.41, 5.74) is -2.18. The number of fused-ring (bicyclic) bond motifs is 1. The molecule has 3 heterocycles. The van der Waals surface area contributed by atoms with Gasteiger partial charge in [0.15, 0.2) is 11.3 Å². The molecule has 2 aromatic carbocycles. The smallest absolute Gasteiger partial charge is 0.416 e. The predicted octanol–water partition coefficient (Wildman–Crippen LogP) is 4.08. The van der Waals surface area contributed by atoms with Crippen LogP contribution >= 0.6 is 11.8 Å². The molecule has 0 aliphatic carbocycles. The highest BCUT2D eigenvalue weighted by Crippen LogP contribution is 2.38. The van der Waals surface area contributed by atoms with Gasteiger partial charge in [0, 0.05) is 11.9 Å². The van der Waals surface area contributed by atoms with Crippen molar-refractivity contribution in [2.45, 2.75) is 25.0 Å². The van der Waals surface area contributed by atoms with Gasteiger partial charge in [0.2, 0.25) is 0 Å². The number of alkyl halides is 6. The number of benzene rings is 2. The fourth-order valence-corrected chi connectivity index (χ4v) is 5.60. The topological polar surface area (TPSA) is 115 Å². The molecule has 3 aromatic rings. The van der Waals surface area contributed by atoms with Crippen molar-refractivity contribution < 1.29 is 50.2 Å². The number of amides is 2. The second kappa shape index (κ2) is 12.5. The largest absolute Gasteiger partial charge is 0.468 e. The van der Waals surface area contributed by atoms with Crippen molar-refractivity contribution in [1.29, 1.82) is 0 Å². The van der Waals surface area contributed by atoms with E-state index in [1.807, 2.05) is 0 Å². The highest BCUT2D eigenvalue weighted by Gasteiger charge is 2.38. The van der Waals surface area contributed by atoms with Crippen molar-refractivity contribution in [3.8, 4) is 0 Å². The molecule has 1 fully saturated rings. The van der Waals surface area contributed by atoms with Crippen molar-refractivity contribution in [2.24, 2.45) is 4.99 Å². The lowest BCUT2D eigenvalue weighted by molar-refractivity contribution is -0.144. The molecule has 17 heteroatoms. The lowest BCUT2D eigenvalue weighted by Gasteiger charge is -2.32. The number of nitrogens with one attached hydrogen (secondary N) is 1. The molecule has 1 atom stereocenters. The van der Waals surface area contributed by atoms with Crippen molar-refractivity contribution in [2.75, 3.05) is 33.4 Å². The van der Waals surface area contributed by atoms with Gasteiger partial charge in [-0.3, -0.25) is 19.1 Å². The second-order valence-electron chi connectivity index (χ2n) is 9.90. The first-order chi connectivity index (χ1) is 21.2. The molecule has 0 radical (unpaired) electrons. The summed E-state index contributed by atoms with van der Waals surface area (Å²) < 4.78 is 91.2. The zero-order valence-corrected chi connectivity index (χ0v) is 24.1. The lowest BCUT2D eigenvalue weighted by Crippen LogP contribution is -2.51. The highest BCUT2D eigenvalue weighted by atomic mass is 32.2. The highest BCUT2D eigenvalue weighted by molar-refractivity contribution is 8.18. The summed E-state index contributed by atoms with van der Waals surface area (Å²) >= 11 is 1.09. The molecule has 0 bridgehead atoms. The Balaban J connectivity index is 1.29. The molecular formula is C28H23F6N5O5S. The molecule has 0 saturated carbocycles. The summed E-state index contributed by atoms with van der Waals surface area (Å²) in [5, 5.41) is 7.44. The number of nitrogens with zero attached hydrogens (tertiary/aromatic N) is 4. The molecule has 10 nitrogen and oxygen atoms in total. The number of hydrogen-bond donors (Lipinski definition) is 1. The number of aliphatic imine (C=N–C) groups is 1. The normalized spacial score (nSPS) is 18.4. The number of rotatable bonds is 6. The zero-order valence-electron chi connectivity index (χ0n) is 23.2. The molecule has 1 aromatic heterocycles. The average molecular weight is 656 g/mol. The first-order valence-corrected chi connectivity index (χ1v) is 14.0. The minimum atomic E-state index is -5.01. The van der Waals surface area contributed by atoms with E-state index in [0.717, 1.165) is 17.8 Å². The molecule has 2 aliphatic heterocycles. The molecule has 0 unspecified atom stereocenters. The summed E-state index contributed by atoms with van der Waals surface area (Å²) in [4.78, 5) is 42.5. The zero-order chi connectivity index (χ0) is 32.5. The van der Waals surface area contributed by atoms with Crippen LogP contribution in [0.3, 0.4) is 0 Å². The first kappa shape index (κ1) is 32.0. The van der Waals surface area contributed by atoms with Crippen molar-refractivity contribution >= 4 is 51.7 Å². The molecular weight excluding hydrogens is 632 g/mol. The van der Waals surface area contributed by atoms with Gasteiger partial charge < -0.3 is 19.7 Å². The van der Waals surface area contributed by atoms with Crippen LogP contribution < -0.4 is 5.32 Å². The van der Waals surface area contributed by atoms with Gasteiger partial charge in [0.25, 0.3) is 11.8 Å². The Morgan fingerprint density at radius 1 is 1.13 bits per heavy atom. The van der Waals surface area contributed by atoms with Crippen LogP contribution in [0.2, 0.25) is 0 Å². The number of morpholine rings is 1. The summed E-state index contributed by atoms with van der Waals surface area (Å²) in [6.07, 6.45) is -7.85. The Hall–Kier alpha value is -4.38. The summed E-state index contributed by atoms with van der Waals surface area (Å²) in [5.74, 6) is -1.64. The molecule has 2 amide bonds. The van der Waals surface area contributed by atoms with Gasteiger partial charge in [0.05, 0.1) is 54.6 Å². The van der Waals surface area contributed by atoms with Crippen LogP contribution in [0.4, 0.5) is 26.3 Å². The van der Waals surface area contributed by atoms with Crippen LogP contribution in [-0.4, -0.2) is 77.1 Å². The van der Waals surface area contributed by atoms with E-state index in [0.29, 0.717) is 34.2 Å². The van der Waals surface area contributed by atoms with E-state index in [1.165, 1.54) is 18.0 Å². The van der Waals surface area contributed by atoms with Crippen LogP contribution in [0.25, 0.3) is 17.0 Å². The number of aromatic nitrogens is 2. The third-order valence-corrected chi connectivity index (χ3v) is 7.94. The van der Waals surface area contributed by atoms with Crippen LogP contribution in [0.5, 0.6) is 0 Å². The van der Waals surface area contributed by atoms with E-state index < -0.39 is 53.9 Å². The Labute approximate surface area is 255 Å². The fourth-order valence-electron chi connectivity index (χ4n) is 4.65. The van der Waals surface area contributed by atoms with E-state index in [2.05, 4.69) is 20.1 Å². The van der Waals surface area contributed by atoms with Gasteiger partial charge in [-0.25, -0.2) is 0 Å². The van der Waals surface area contributed by atoms with Crippen LogP contribution in [0, 0.1) is 0 Å². The molecule has 238 valence electrons. The van der Waals surface area contributed by atoms with Crippen LogP contribution in [-0.2, 0) is 42.8 Å². The summed E-state index contributed by atoms with van der Waals surface area (Å²) in [6.45, 7) is -0.0968. The first-order valence-electron chi connectivity index (χ1n) is 13.2. The van der Waals surface area contributed by atoms with Gasteiger partial charge in [-0.2, -0.15) is 36.4 Å². The van der Waals surface area contributed by atoms with Gasteiger partial charge in [0.1, 0.15) is 6.54 Å². The van der Waals surface area contributed by atoms with Crippen LogP contribution in [0.1, 0.15) is 22.3 Å². The molecule has 0 spiro atoms. The monoisotopic (exact) mass is 655 g/mol. The number of carbonyl (C=O) groups is 3. The quantitative estimate of drug-likeness (QED) is 0.240. The molecule has 1 saturated heterocycles. The van der Waals surface area contributed by atoms with E-state index >= 15 is 0 Å². The Bertz CT molecular complexity index is 1720. The molecule has 2 aliphatic rings. The number of halogens is 6. The number of carbonyl (C=O) groups excluding carboxylic acids is 3. The SMILES string of the molecule is COC(=O)CNC(=O)[C@@H]1CN(C2=NC(=O)/C(=C/c3ccc4c(cnn4Cc4ccc(C(F)(F)F)cc4C(F)(F)F)c3)S2)CCO1. The second-order valence-corrected chi connectivity index (χ2v) is 10.9. The summed E-state index contributed by atoms with van der Waals surface area (Å²) in [6, 6.07) is 6.35. The van der Waals surface area contributed by atoms with E-state index in [4.69, 9.17) is 4.74 Å². The van der Waals surface area contributed by atoms with Gasteiger partial charge in [-0.05, 0) is 53.2 Å². The third kappa shape index (κ3) is 7.30. The third-order valence-electron chi connectivity index (χ3n) is 6.90. The van der Waals surface area contributed by atoms with Gasteiger partial charge >= 0.3 is 18.3 Å². The number of amidine groups is 1. The van der Waals surface area contributed by atoms with Gasteiger partial charge in [-0.15, -0.1) is 0 Å². The fraction of sp³-hybridized carbons (Fsp3) is 0.321. The Morgan fingerprint density at radius 3 is 2.62 bits per heavy atom. The minimum absolute atomic E-state index is 0.0922. The van der Waals surface area contributed by atoms with Crippen molar-refractivity contribution in [3.05, 3.63) is 69.8 Å². The van der Waals surface area contributed by atoms with E-state index in [9.17, 15) is 40.7 Å². The van der Waals surface area contributed by atoms with Crippen LogP contribution in [0.15, 0.2) is 52.5 Å². The molecule has 5 rings (SSSR count). The lowest BCUT2D eigenvalue weighted by atomic mass is 10.0. The maximum Gasteiger partial charge on any atom is 0.416 e. The Morgan fingerprint density at radius 2 is 1.91 bits per heavy atom. The molecule has 45 heavy (non-hydrogen) atoms. The van der Waals surface area contributed by atoms with E-state index in [1.54, 1.807) is 29.2 Å². The number of ether oxygens (including phenoxy) is 2. The number of esters is 1. The average Bonchev–Trinajstić information content (AvgIpc) is 3.57. The van der Waals surface area contributed by atoms with Crippen molar-refractivity contribution in [3.63, 3.8) is 0 Å². The number of hydrogen-bond acceptors (Lipinski definition) is 8. The maximum atomic E-state index is 13.6.